The van der Waals surface area contributed by atoms with Crippen LogP contribution < -0.4 is 9.64 Å². The SMILES string of the molecule is CCN(C)c1nn([C@@H](C)CO)c2c1/C=C/c1[nH]nc3c(C)nc(cc13)-c1c(C)nn(C)c1O[C@@H](C)CN(C)C2. The molecule has 39 heavy (non-hydrogen) atoms. The number of aromatic amines is 1. The number of fused-ring (bicyclic) bond motifs is 4. The minimum absolute atomic E-state index is 0.000795. The van der Waals surface area contributed by atoms with Gasteiger partial charge in [-0.1, -0.05) is 0 Å². The number of anilines is 1. The van der Waals surface area contributed by atoms with Gasteiger partial charge in [0.05, 0.1) is 46.7 Å². The zero-order chi connectivity index (χ0) is 28.0. The van der Waals surface area contributed by atoms with Crippen LogP contribution in [0.15, 0.2) is 6.07 Å². The molecule has 1 aliphatic heterocycles. The number of H-pyrrole nitrogens is 1. The maximum absolute atomic E-state index is 10.1. The Kier molecular flexibility index (Phi) is 7.21. The minimum Gasteiger partial charge on any atom is -0.473 e. The fourth-order valence-corrected chi connectivity index (χ4v) is 5.34. The molecule has 0 radical (unpaired) electrons. The first-order chi connectivity index (χ1) is 18.6. The number of hydrogen-bond acceptors (Lipinski definition) is 8. The second-order valence-corrected chi connectivity index (χ2v) is 10.6. The van der Waals surface area contributed by atoms with Gasteiger partial charge in [0.15, 0.2) is 5.82 Å². The van der Waals surface area contributed by atoms with Crippen LogP contribution in [0, 0.1) is 13.8 Å². The average molecular weight is 534 g/mol. The molecule has 0 saturated heterocycles. The highest BCUT2D eigenvalue weighted by Gasteiger charge is 2.26. The Labute approximate surface area is 229 Å². The third kappa shape index (κ3) is 4.80. The summed E-state index contributed by atoms with van der Waals surface area (Å²) in [6.07, 6.45) is 4.06. The maximum atomic E-state index is 10.1. The zero-order valence-corrected chi connectivity index (χ0v) is 24.1. The topological polar surface area (TPSA) is 113 Å². The highest BCUT2D eigenvalue weighted by atomic mass is 16.5. The second kappa shape index (κ2) is 10.5. The molecule has 0 spiro atoms. The van der Waals surface area contributed by atoms with Crippen LogP contribution in [0.3, 0.4) is 0 Å². The van der Waals surface area contributed by atoms with Gasteiger partial charge in [-0.2, -0.15) is 15.3 Å². The Bertz CT molecular complexity index is 1530. The van der Waals surface area contributed by atoms with Gasteiger partial charge in [-0.15, -0.1) is 0 Å². The van der Waals surface area contributed by atoms with E-state index in [9.17, 15) is 5.11 Å². The largest absolute Gasteiger partial charge is 0.473 e. The molecule has 11 nitrogen and oxygen atoms in total. The average Bonchev–Trinajstić information content (AvgIpc) is 3.54. The molecule has 0 aliphatic carbocycles. The molecule has 0 unspecified atom stereocenters. The third-order valence-electron chi connectivity index (χ3n) is 7.44. The summed E-state index contributed by atoms with van der Waals surface area (Å²) in [6.45, 7) is 12.2. The molecule has 2 bridgehead atoms. The van der Waals surface area contributed by atoms with Crippen molar-refractivity contribution in [2.75, 3.05) is 38.7 Å². The predicted octanol–water partition coefficient (Wildman–Crippen LogP) is 3.56. The van der Waals surface area contributed by atoms with Crippen LogP contribution >= 0.6 is 0 Å². The fraction of sp³-hybridized carbons (Fsp3) is 0.500. The summed E-state index contributed by atoms with van der Waals surface area (Å²) < 4.78 is 10.3. The van der Waals surface area contributed by atoms with Gasteiger partial charge in [0, 0.05) is 44.7 Å². The Hall–Kier alpha value is -3.70. The summed E-state index contributed by atoms with van der Waals surface area (Å²) in [4.78, 5) is 9.27. The molecule has 0 amide bonds. The number of pyridine rings is 1. The van der Waals surface area contributed by atoms with Crippen LogP contribution in [0.1, 0.15) is 55.2 Å². The first kappa shape index (κ1) is 26.9. The van der Waals surface area contributed by atoms with Crippen LogP contribution in [0.2, 0.25) is 0 Å². The Morgan fingerprint density at radius 3 is 2.69 bits per heavy atom. The maximum Gasteiger partial charge on any atom is 0.221 e. The van der Waals surface area contributed by atoms with Crippen molar-refractivity contribution in [3.63, 3.8) is 0 Å². The van der Waals surface area contributed by atoms with Crippen LogP contribution in [-0.4, -0.2) is 84.6 Å². The first-order valence-corrected chi connectivity index (χ1v) is 13.5. The number of ether oxygens (including phenoxy) is 1. The highest BCUT2D eigenvalue weighted by molar-refractivity contribution is 5.94. The number of likely N-dealkylation sites (N-methyl/N-ethyl adjacent to an activating group) is 1. The Morgan fingerprint density at radius 2 is 1.97 bits per heavy atom. The van der Waals surface area contributed by atoms with E-state index in [-0.39, 0.29) is 18.8 Å². The van der Waals surface area contributed by atoms with E-state index in [1.807, 2.05) is 39.5 Å². The monoisotopic (exact) mass is 533 g/mol. The van der Waals surface area contributed by atoms with Crippen molar-refractivity contribution in [1.29, 1.82) is 0 Å². The molecule has 2 atom stereocenters. The van der Waals surface area contributed by atoms with Crippen molar-refractivity contribution in [3.05, 3.63) is 34.4 Å². The van der Waals surface area contributed by atoms with E-state index >= 15 is 0 Å². The summed E-state index contributed by atoms with van der Waals surface area (Å²) in [5.41, 5.74) is 7.17. The van der Waals surface area contributed by atoms with E-state index in [1.165, 1.54) is 0 Å². The summed E-state index contributed by atoms with van der Waals surface area (Å²) >= 11 is 0. The molecule has 5 heterocycles. The summed E-state index contributed by atoms with van der Waals surface area (Å²) in [5.74, 6) is 1.57. The molecule has 208 valence electrons. The fourth-order valence-electron chi connectivity index (χ4n) is 5.34. The number of aliphatic hydroxyl groups is 1. The molecule has 5 rings (SSSR count). The van der Waals surface area contributed by atoms with E-state index in [0.717, 1.165) is 62.9 Å². The van der Waals surface area contributed by atoms with Gasteiger partial charge in [0.25, 0.3) is 0 Å². The molecular formula is C28H39N9O2. The van der Waals surface area contributed by atoms with Gasteiger partial charge in [0.2, 0.25) is 5.88 Å². The third-order valence-corrected chi connectivity index (χ3v) is 7.44. The predicted molar refractivity (Wildman–Crippen MR) is 154 cm³/mol. The number of rotatable bonds is 4. The number of nitrogens with zero attached hydrogens (tertiary/aromatic N) is 8. The van der Waals surface area contributed by atoms with E-state index in [4.69, 9.17) is 14.8 Å². The molecule has 4 aromatic rings. The number of aryl methyl sites for hydroxylation is 3. The summed E-state index contributed by atoms with van der Waals surface area (Å²) in [5, 5.41) is 28.5. The standard InChI is InChI=1S/C28H39N9O2/c1-9-35(7)27-20-10-11-22-21-12-23(29-19(5)26(21)31-30-22)25-18(4)32-36(8)28(25)39-17(3)13-34(6)14-24(20)37(33-27)16(2)15-38/h10-12,16-17,38H,9,13-15H2,1-8H3,(H,30,31)/b11-10+/t16-,17-/m0/s1. The quantitative estimate of drug-likeness (QED) is 0.409. The second-order valence-electron chi connectivity index (χ2n) is 10.6. The smallest absolute Gasteiger partial charge is 0.221 e. The van der Waals surface area contributed by atoms with Gasteiger partial charge < -0.3 is 14.7 Å². The van der Waals surface area contributed by atoms with Crippen LogP contribution in [-0.2, 0) is 13.6 Å². The Morgan fingerprint density at radius 1 is 1.21 bits per heavy atom. The van der Waals surface area contributed by atoms with E-state index < -0.39 is 0 Å². The normalized spacial score (nSPS) is 17.8. The van der Waals surface area contributed by atoms with Gasteiger partial charge >= 0.3 is 0 Å². The molecular weight excluding hydrogens is 494 g/mol. The lowest BCUT2D eigenvalue weighted by Gasteiger charge is -2.24. The van der Waals surface area contributed by atoms with E-state index in [0.29, 0.717) is 19.0 Å². The minimum atomic E-state index is -0.167. The van der Waals surface area contributed by atoms with Gasteiger partial charge in [-0.3, -0.25) is 19.7 Å². The molecule has 0 fully saturated rings. The van der Waals surface area contributed by atoms with E-state index in [2.05, 4.69) is 64.2 Å². The number of aromatic nitrogens is 7. The molecule has 2 N–H and O–H groups in total. The summed E-state index contributed by atoms with van der Waals surface area (Å²) in [7, 11) is 6.03. The van der Waals surface area contributed by atoms with Gasteiger partial charge in [0.1, 0.15) is 11.6 Å². The van der Waals surface area contributed by atoms with Crippen molar-refractivity contribution in [2.24, 2.45) is 7.05 Å². The van der Waals surface area contributed by atoms with E-state index in [1.54, 1.807) is 4.68 Å². The molecule has 0 aromatic carbocycles. The highest BCUT2D eigenvalue weighted by Crippen LogP contribution is 2.36. The first-order valence-electron chi connectivity index (χ1n) is 13.5. The molecule has 11 heteroatoms. The van der Waals surface area contributed by atoms with Crippen LogP contribution in [0.5, 0.6) is 5.88 Å². The lowest BCUT2D eigenvalue weighted by molar-refractivity contribution is 0.145. The van der Waals surface area contributed by atoms with Crippen molar-refractivity contribution < 1.29 is 9.84 Å². The molecule has 0 saturated carbocycles. The number of hydrogen-bond donors (Lipinski definition) is 2. The number of aliphatic hydroxyl groups excluding tert-OH is 1. The van der Waals surface area contributed by atoms with Gasteiger partial charge in [-0.05, 0) is 59.9 Å². The molecule has 1 aliphatic rings. The van der Waals surface area contributed by atoms with Crippen molar-refractivity contribution in [2.45, 2.75) is 53.3 Å². The lowest BCUT2D eigenvalue weighted by Crippen LogP contribution is -2.32. The number of nitrogens with one attached hydrogen (secondary N) is 1. The molecule has 4 aromatic heterocycles. The van der Waals surface area contributed by atoms with Crippen LogP contribution in [0.25, 0.3) is 34.3 Å². The zero-order valence-electron chi connectivity index (χ0n) is 24.1. The van der Waals surface area contributed by atoms with Crippen molar-refractivity contribution >= 4 is 28.9 Å². The van der Waals surface area contributed by atoms with Crippen molar-refractivity contribution in [1.82, 2.24) is 39.6 Å². The van der Waals surface area contributed by atoms with Crippen LogP contribution in [0.4, 0.5) is 5.82 Å². The lowest BCUT2D eigenvalue weighted by atomic mass is 10.1. The Balaban J connectivity index is 1.76. The van der Waals surface area contributed by atoms with Crippen molar-refractivity contribution in [3.8, 4) is 17.1 Å². The van der Waals surface area contributed by atoms with Gasteiger partial charge in [-0.25, -0.2) is 4.68 Å². The summed E-state index contributed by atoms with van der Waals surface area (Å²) in [6, 6.07) is 1.90.